The van der Waals surface area contributed by atoms with Crippen LogP contribution in [0.5, 0.6) is 5.75 Å². The van der Waals surface area contributed by atoms with Crippen molar-refractivity contribution in [3.05, 3.63) is 65.2 Å². The Labute approximate surface area is 124 Å². The van der Waals surface area contributed by atoms with E-state index in [-0.39, 0.29) is 11.7 Å². The number of carbonyl (C=O) groups excluding carboxylic acids is 1. The van der Waals surface area contributed by atoms with Crippen LogP contribution in [0.25, 0.3) is 0 Å². The molecule has 3 unspecified atom stereocenters. The minimum atomic E-state index is 0.143. The van der Waals surface area contributed by atoms with Crippen LogP contribution in [-0.4, -0.2) is 12.9 Å². The van der Waals surface area contributed by atoms with Gasteiger partial charge in [0, 0.05) is 5.92 Å². The summed E-state index contributed by atoms with van der Waals surface area (Å²) in [5, 5.41) is 0. The normalized spacial score (nSPS) is 25.7. The highest BCUT2D eigenvalue weighted by molar-refractivity contribution is 6.03. The first-order chi connectivity index (χ1) is 10.3. The lowest BCUT2D eigenvalue weighted by atomic mass is 9.92. The van der Waals surface area contributed by atoms with Gasteiger partial charge in [0.1, 0.15) is 5.75 Å². The van der Waals surface area contributed by atoms with Crippen LogP contribution in [0.4, 0.5) is 0 Å². The molecule has 2 heteroatoms. The van der Waals surface area contributed by atoms with E-state index in [4.69, 9.17) is 4.74 Å². The first-order valence-corrected chi connectivity index (χ1v) is 7.56. The smallest absolute Gasteiger partial charge is 0.170 e. The third-order valence-electron chi connectivity index (χ3n) is 5.00. The molecular weight excluding hydrogens is 260 g/mol. The molecule has 0 aromatic heterocycles. The van der Waals surface area contributed by atoms with Crippen LogP contribution in [0.3, 0.4) is 0 Å². The van der Waals surface area contributed by atoms with E-state index in [1.807, 2.05) is 24.3 Å². The molecule has 2 aromatic carbocycles. The predicted molar refractivity (Wildman–Crippen MR) is 81.8 cm³/mol. The van der Waals surface area contributed by atoms with Gasteiger partial charge < -0.3 is 4.74 Å². The van der Waals surface area contributed by atoms with Gasteiger partial charge >= 0.3 is 0 Å². The fraction of sp³-hybridized carbons (Fsp3) is 0.316. The number of benzene rings is 2. The first kappa shape index (κ1) is 12.6. The Bertz CT molecular complexity index is 704. The summed E-state index contributed by atoms with van der Waals surface area (Å²) >= 11 is 0. The van der Waals surface area contributed by atoms with E-state index in [1.54, 1.807) is 7.11 Å². The lowest BCUT2D eigenvalue weighted by Gasteiger charge is -2.13. The lowest BCUT2D eigenvalue weighted by Crippen LogP contribution is -2.06. The molecule has 0 N–H and O–H groups in total. The van der Waals surface area contributed by atoms with Crippen molar-refractivity contribution in [1.82, 2.24) is 0 Å². The summed E-state index contributed by atoms with van der Waals surface area (Å²) in [5.74, 6) is 2.04. The highest BCUT2D eigenvalue weighted by Crippen LogP contribution is 2.61. The number of fused-ring (bicyclic) bond motifs is 3. The van der Waals surface area contributed by atoms with E-state index in [0.29, 0.717) is 17.6 Å². The molecule has 4 rings (SSSR count). The van der Waals surface area contributed by atoms with Crippen LogP contribution in [0.1, 0.15) is 33.8 Å². The van der Waals surface area contributed by atoms with E-state index in [9.17, 15) is 4.79 Å². The maximum Gasteiger partial charge on any atom is 0.170 e. The zero-order chi connectivity index (χ0) is 14.4. The summed E-state index contributed by atoms with van der Waals surface area (Å²) in [4.78, 5) is 12.9. The molecule has 2 nitrogen and oxygen atoms in total. The van der Waals surface area contributed by atoms with Crippen LogP contribution in [0.2, 0.25) is 0 Å². The van der Waals surface area contributed by atoms with Crippen molar-refractivity contribution in [3.63, 3.8) is 0 Å². The predicted octanol–water partition coefficient (Wildman–Crippen LogP) is 3.85. The topological polar surface area (TPSA) is 26.3 Å². The molecule has 3 atom stereocenters. The van der Waals surface area contributed by atoms with Gasteiger partial charge in [-0.1, -0.05) is 36.4 Å². The Morgan fingerprint density at radius 3 is 2.71 bits per heavy atom. The van der Waals surface area contributed by atoms with Gasteiger partial charge in [0.05, 0.1) is 12.7 Å². The molecule has 106 valence electrons. The Morgan fingerprint density at radius 1 is 1.10 bits per heavy atom. The van der Waals surface area contributed by atoms with Crippen molar-refractivity contribution >= 4 is 5.78 Å². The molecule has 1 fully saturated rings. The highest BCUT2D eigenvalue weighted by Gasteiger charge is 2.57. The molecule has 0 heterocycles. The van der Waals surface area contributed by atoms with Crippen LogP contribution in [-0.2, 0) is 6.42 Å². The summed E-state index contributed by atoms with van der Waals surface area (Å²) < 4.78 is 5.35. The maximum atomic E-state index is 12.9. The van der Waals surface area contributed by atoms with Crippen molar-refractivity contribution in [2.24, 2.45) is 11.8 Å². The number of Topliss-reactive ketones (excluding diaryl/α,β-unsaturated/α-hetero) is 1. The quantitative estimate of drug-likeness (QED) is 0.797. The summed E-state index contributed by atoms with van der Waals surface area (Å²) in [5.41, 5.74) is 3.55. The zero-order valence-electron chi connectivity index (χ0n) is 12.1. The van der Waals surface area contributed by atoms with Crippen molar-refractivity contribution < 1.29 is 9.53 Å². The number of rotatable bonds is 3. The van der Waals surface area contributed by atoms with Crippen LogP contribution in [0.15, 0.2) is 48.5 Å². The first-order valence-electron chi connectivity index (χ1n) is 7.56. The lowest BCUT2D eigenvalue weighted by molar-refractivity contribution is 0.0956. The summed E-state index contributed by atoms with van der Waals surface area (Å²) in [6.07, 6.45) is 2.24. The van der Waals surface area contributed by atoms with E-state index < -0.39 is 0 Å². The van der Waals surface area contributed by atoms with Crippen molar-refractivity contribution in [3.8, 4) is 5.75 Å². The number of hydrogen-bond acceptors (Lipinski definition) is 2. The number of aryl methyl sites for hydroxylation is 1. The zero-order valence-corrected chi connectivity index (χ0v) is 12.1. The maximum absolute atomic E-state index is 12.9. The Balaban J connectivity index is 1.67. The van der Waals surface area contributed by atoms with Gasteiger partial charge in [0.25, 0.3) is 0 Å². The average Bonchev–Trinajstić information content (AvgIpc) is 3.29. The molecule has 0 saturated heterocycles. The van der Waals surface area contributed by atoms with Gasteiger partial charge in [-0.25, -0.2) is 0 Å². The van der Waals surface area contributed by atoms with Gasteiger partial charge in [-0.3, -0.25) is 4.79 Å². The summed E-state index contributed by atoms with van der Waals surface area (Å²) in [6.45, 7) is 0. The van der Waals surface area contributed by atoms with Gasteiger partial charge in [-0.2, -0.15) is 0 Å². The van der Waals surface area contributed by atoms with Crippen LogP contribution >= 0.6 is 0 Å². The third-order valence-corrected chi connectivity index (χ3v) is 5.00. The van der Waals surface area contributed by atoms with E-state index in [2.05, 4.69) is 24.3 Å². The number of carbonyl (C=O) groups is 1. The molecule has 2 aromatic rings. The number of methoxy groups -OCH3 is 1. The standard InChI is InChI=1S/C19H18O2/c1-21-16-9-5-4-8-14(16)19(20)18-15-11-10-12-6-2-3-7-13(12)17(15)18/h2-9,15,17-18H,10-11H2,1H3. The Kier molecular flexibility index (Phi) is 2.85. The molecule has 0 radical (unpaired) electrons. The second-order valence-electron chi connectivity index (χ2n) is 6.02. The minimum Gasteiger partial charge on any atom is -0.496 e. The Hall–Kier alpha value is -2.09. The molecule has 0 spiro atoms. The largest absolute Gasteiger partial charge is 0.496 e. The van der Waals surface area contributed by atoms with Crippen LogP contribution in [0, 0.1) is 11.8 Å². The molecule has 1 saturated carbocycles. The Morgan fingerprint density at radius 2 is 1.86 bits per heavy atom. The van der Waals surface area contributed by atoms with Gasteiger partial charge in [-0.05, 0) is 47.9 Å². The molecule has 2 aliphatic carbocycles. The third kappa shape index (κ3) is 1.90. The van der Waals surface area contributed by atoms with Crippen LogP contribution < -0.4 is 4.74 Å². The van der Waals surface area contributed by atoms with Gasteiger partial charge in [0.15, 0.2) is 5.78 Å². The molecular formula is C19H18O2. The molecule has 0 aliphatic heterocycles. The monoisotopic (exact) mass is 278 g/mol. The van der Waals surface area contributed by atoms with E-state index in [1.165, 1.54) is 11.1 Å². The SMILES string of the molecule is COc1ccccc1C(=O)C1C2CCc3ccccc3C21. The second kappa shape index (κ2) is 4.73. The number of ketones is 1. The average molecular weight is 278 g/mol. The summed E-state index contributed by atoms with van der Waals surface area (Å²) in [6, 6.07) is 16.2. The number of para-hydroxylation sites is 1. The fourth-order valence-corrected chi connectivity index (χ4v) is 3.95. The number of hydrogen-bond donors (Lipinski definition) is 0. The fourth-order valence-electron chi connectivity index (χ4n) is 3.95. The van der Waals surface area contributed by atoms with E-state index >= 15 is 0 Å². The molecule has 2 aliphatic rings. The second-order valence-corrected chi connectivity index (χ2v) is 6.02. The van der Waals surface area contributed by atoms with Crippen molar-refractivity contribution in [1.29, 1.82) is 0 Å². The highest BCUT2D eigenvalue weighted by atomic mass is 16.5. The molecule has 0 amide bonds. The van der Waals surface area contributed by atoms with Gasteiger partial charge in [-0.15, -0.1) is 0 Å². The van der Waals surface area contributed by atoms with Crippen molar-refractivity contribution in [2.75, 3.05) is 7.11 Å². The van der Waals surface area contributed by atoms with E-state index in [0.717, 1.165) is 18.4 Å². The summed E-state index contributed by atoms with van der Waals surface area (Å²) in [7, 11) is 1.63. The van der Waals surface area contributed by atoms with Crippen molar-refractivity contribution in [2.45, 2.75) is 18.8 Å². The minimum absolute atomic E-state index is 0.143. The van der Waals surface area contributed by atoms with Gasteiger partial charge in [0.2, 0.25) is 0 Å². The molecule has 21 heavy (non-hydrogen) atoms. The number of ether oxygens (including phenoxy) is 1. The molecule has 0 bridgehead atoms.